The normalized spacial score (nSPS) is 27.3. The number of fused-ring (bicyclic) bond motifs is 3. The van der Waals surface area contributed by atoms with E-state index >= 15 is 0 Å². The Kier molecular flexibility index (Phi) is 1.66. The van der Waals surface area contributed by atoms with Gasteiger partial charge in [0.05, 0.1) is 5.16 Å². The van der Waals surface area contributed by atoms with Gasteiger partial charge in [0.15, 0.2) is 0 Å². The molecule has 0 radical (unpaired) electrons. The molecule has 2 atom stereocenters. The first-order valence-electron chi connectivity index (χ1n) is 4.57. The summed E-state index contributed by atoms with van der Waals surface area (Å²) in [4.78, 5) is 9.09. The van der Waals surface area contributed by atoms with E-state index in [0.29, 0.717) is 6.42 Å². The lowest BCUT2D eigenvalue weighted by Crippen LogP contribution is -2.45. The van der Waals surface area contributed by atoms with Gasteiger partial charge in [0.1, 0.15) is 18.4 Å². The average Bonchev–Trinajstić information content (AvgIpc) is 2.60. The number of rotatable bonds is 0. The highest BCUT2D eigenvalue weighted by Gasteiger charge is 2.43. The summed E-state index contributed by atoms with van der Waals surface area (Å²) < 4.78 is 4.42. The Bertz CT molecular complexity index is 507. The zero-order chi connectivity index (χ0) is 11.3. The van der Waals surface area contributed by atoms with Gasteiger partial charge in [-0.25, -0.2) is 4.99 Å². The maximum atomic E-state index is 11.4. The summed E-state index contributed by atoms with van der Waals surface area (Å²) in [5.74, 6) is -0.316. The van der Waals surface area contributed by atoms with Crippen molar-refractivity contribution in [1.29, 1.82) is 0 Å². The minimum atomic E-state index is -0.763. The zero-order valence-corrected chi connectivity index (χ0v) is 7.94. The maximum absolute atomic E-state index is 11.4. The van der Waals surface area contributed by atoms with E-state index in [0.717, 1.165) is 0 Å². The topological polar surface area (TPSA) is 127 Å². The average molecular weight is 225 g/mol. The van der Waals surface area contributed by atoms with Crippen molar-refractivity contribution in [2.24, 2.45) is 10.7 Å². The number of aliphatic imine (C=N–C) groups is 1. The van der Waals surface area contributed by atoms with Gasteiger partial charge in [0.2, 0.25) is 5.69 Å². The van der Waals surface area contributed by atoms with Crippen LogP contribution in [0.1, 0.15) is 18.0 Å². The van der Waals surface area contributed by atoms with Crippen molar-refractivity contribution in [2.75, 3.05) is 0 Å². The molecule has 0 aliphatic carbocycles. The van der Waals surface area contributed by atoms with Crippen molar-refractivity contribution in [3.05, 3.63) is 16.1 Å². The second kappa shape index (κ2) is 2.92. The summed E-state index contributed by atoms with van der Waals surface area (Å²) in [6.07, 6.45) is 0.839. The highest BCUT2D eigenvalue weighted by molar-refractivity contribution is 6.32. The van der Waals surface area contributed by atoms with Crippen LogP contribution in [0.25, 0.3) is 0 Å². The SMILES string of the molecule is NC1CC2C(=[N+]([O-])O1)C=Nc1no[n+]([O-])c12. The molecule has 9 heteroatoms. The van der Waals surface area contributed by atoms with Gasteiger partial charge in [-0.05, 0) is 11.3 Å². The van der Waals surface area contributed by atoms with E-state index in [-0.39, 0.29) is 27.0 Å². The van der Waals surface area contributed by atoms with Crippen LogP contribution in [-0.2, 0) is 4.84 Å². The van der Waals surface area contributed by atoms with Crippen LogP contribution in [-0.4, -0.2) is 28.2 Å². The van der Waals surface area contributed by atoms with Crippen LogP contribution in [0.5, 0.6) is 0 Å². The highest BCUT2D eigenvalue weighted by atomic mass is 16.9. The van der Waals surface area contributed by atoms with E-state index in [1.165, 1.54) is 6.21 Å². The molecule has 16 heavy (non-hydrogen) atoms. The largest absolute Gasteiger partial charge is 0.385 e. The fraction of sp³-hybridized carbons (Fsp3) is 0.429. The fourth-order valence-corrected chi connectivity index (χ4v) is 1.84. The lowest BCUT2D eigenvalue weighted by atomic mass is 9.93. The number of hydrogen-bond acceptors (Lipinski definition) is 7. The van der Waals surface area contributed by atoms with Crippen LogP contribution in [0, 0.1) is 10.4 Å². The summed E-state index contributed by atoms with van der Waals surface area (Å²) in [5.41, 5.74) is 5.94. The molecule has 2 unspecified atom stereocenters. The van der Waals surface area contributed by atoms with E-state index in [9.17, 15) is 10.4 Å². The Hall–Kier alpha value is -2.16. The Morgan fingerprint density at radius 3 is 3.12 bits per heavy atom. The van der Waals surface area contributed by atoms with Crippen LogP contribution in [0.15, 0.2) is 9.62 Å². The fourth-order valence-electron chi connectivity index (χ4n) is 1.84. The van der Waals surface area contributed by atoms with Crippen molar-refractivity contribution in [1.82, 2.24) is 5.16 Å². The van der Waals surface area contributed by atoms with Crippen LogP contribution >= 0.6 is 0 Å². The Morgan fingerprint density at radius 1 is 1.50 bits per heavy atom. The minimum Gasteiger partial charge on any atom is -0.385 e. The van der Waals surface area contributed by atoms with Gasteiger partial charge in [-0.3, -0.25) is 9.84 Å². The summed E-state index contributed by atoms with van der Waals surface area (Å²) in [7, 11) is 0. The molecule has 1 aromatic heterocycles. The molecule has 3 rings (SSSR count). The summed E-state index contributed by atoms with van der Waals surface area (Å²) in [5, 5.41) is 26.2. The smallest absolute Gasteiger partial charge is 0.337 e. The summed E-state index contributed by atoms with van der Waals surface area (Å²) in [6.45, 7) is 0. The van der Waals surface area contributed by atoms with Crippen LogP contribution < -0.4 is 10.6 Å². The van der Waals surface area contributed by atoms with Crippen LogP contribution in [0.2, 0.25) is 0 Å². The van der Waals surface area contributed by atoms with Gasteiger partial charge in [-0.2, -0.15) is 0 Å². The Labute approximate surface area is 88.5 Å². The van der Waals surface area contributed by atoms with Crippen LogP contribution in [0.4, 0.5) is 5.82 Å². The monoisotopic (exact) mass is 225 g/mol. The van der Waals surface area contributed by atoms with Crippen LogP contribution in [0.3, 0.4) is 0 Å². The first-order chi connectivity index (χ1) is 7.66. The molecule has 0 saturated heterocycles. The third-order valence-electron chi connectivity index (χ3n) is 2.54. The first kappa shape index (κ1) is 9.09. The molecule has 0 fully saturated rings. The summed E-state index contributed by atoms with van der Waals surface area (Å²) >= 11 is 0. The molecule has 0 spiro atoms. The van der Waals surface area contributed by atoms with Gasteiger partial charge in [0.25, 0.3) is 5.71 Å². The number of hydrogen-bond donors (Lipinski definition) is 1. The van der Waals surface area contributed by atoms with E-state index in [1.807, 2.05) is 0 Å². The highest BCUT2D eigenvalue weighted by Crippen LogP contribution is 2.32. The van der Waals surface area contributed by atoms with E-state index in [1.54, 1.807) is 0 Å². The lowest BCUT2D eigenvalue weighted by molar-refractivity contribution is -0.809. The molecule has 0 aromatic carbocycles. The predicted molar refractivity (Wildman–Crippen MR) is 48.7 cm³/mol. The number of nitrogens with two attached hydrogens (primary N) is 1. The standard InChI is InChI=1S/C7H7N5O4/c8-5-1-3-4(11(13)15-5)2-9-7-6(3)12(14)16-10-7/h2-3,5H,1,8H2. The molecule has 0 amide bonds. The van der Waals surface area contributed by atoms with E-state index < -0.39 is 12.1 Å². The van der Waals surface area contributed by atoms with Crippen molar-refractivity contribution < 1.29 is 19.3 Å². The summed E-state index contributed by atoms with van der Waals surface area (Å²) in [6, 6.07) is 0. The van der Waals surface area contributed by atoms with Crippen molar-refractivity contribution >= 4 is 17.7 Å². The molecule has 2 aliphatic rings. The molecule has 2 N–H and O–H groups in total. The predicted octanol–water partition coefficient (Wildman–Crippen LogP) is -1.32. The molecule has 9 nitrogen and oxygen atoms in total. The quantitative estimate of drug-likeness (QED) is 0.545. The third kappa shape index (κ3) is 1.08. The van der Waals surface area contributed by atoms with Gasteiger partial charge in [-0.1, -0.05) is 0 Å². The van der Waals surface area contributed by atoms with Crippen molar-refractivity contribution in [2.45, 2.75) is 18.6 Å². The minimum absolute atomic E-state index is 0.172. The molecule has 1 aromatic rings. The van der Waals surface area contributed by atoms with Crippen molar-refractivity contribution in [3.63, 3.8) is 0 Å². The van der Waals surface area contributed by atoms with E-state index in [4.69, 9.17) is 10.6 Å². The van der Waals surface area contributed by atoms with Crippen molar-refractivity contribution in [3.8, 4) is 0 Å². The molecule has 84 valence electrons. The van der Waals surface area contributed by atoms with E-state index in [2.05, 4.69) is 14.8 Å². The molecular formula is C7H7N5O4. The van der Waals surface area contributed by atoms with Gasteiger partial charge < -0.3 is 15.8 Å². The molecular weight excluding hydrogens is 218 g/mol. The molecule has 2 aliphatic heterocycles. The molecule has 3 heterocycles. The van der Waals surface area contributed by atoms with Gasteiger partial charge >= 0.3 is 5.82 Å². The number of nitrogens with zero attached hydrogens (tertiary/aromatic N) is 4. The van der Waals surface area contributed by atoms with Gasteiger partial charge in [0, 0.05) is 4.90 Å². The maximum Gasteiger partial charge on any atom is 0.337 e. The molecule has 0 bridgehead atoms. The Balaban J connectivity index is 2.17. The zero-order valence-electron chi connectivity index (χ0n) is 7.94. The van der Waals surface area contributed by atoms with Gasteiger partial charge in [-0.15, -0.1) is 0 Å². The second-order valence-corrected chi connectivity index (χ2v) is 3.51. The molecule has 0 saturated carbocycles. The Morgan fingerprint density at radius 2 is 2.31 bits per heavy atom. The first-order valence-corrected chi connectivity index (χ1v) is 4.57. The second-order valence-electron chi connectivity index (χ2n) is 3.51. The lowest BCUT2D eigenvalue weighted by Gasteiger charge is -2.25. The third-order valence-corrected chi connectivity index (χ3v) is 2.54. The number of aromatic nitrogens is 2.